The number of hydrogen-bond acceptors (Lipinski definition) is 5. The minimum Gasteiger partial charge on any atom is -0.494 e. The maximum Gasteiger partial charge on any atom is 0.273 e. The SMILES string of the molecule is COc1cc([N+](=O)[O-])ccc1NC(=O)[C@@H](C)N1CCCCC1. The van der Waals surface area contributed by atoms with E-state index in [1.165, 1.54) is 31.7 Å². The van der Waals surface area contributed by atoms with Gasteiger partial charge in [-0.25, -0.2) is 0 Å². The lowest BCUT2D eigenvalue weighted by Gasteiger charge is -2.31. The Balaban J connectivity index is 2.08. The summed E-state index contributed by atoms with van der Waals surface area (Å²) in [5.41, 5.74) is 0.376. The first-order valence-electron chi connectivity index (χ1n) is 7.40. The number of carbonyl (C=O) groups excluding carboxylic acids is 1. The van der Waals surface area contributed by atoms with Crippen LogP contribution in [-0.4, -0.2) is 42.0 Å². The third kappa shape index (κ3) is 3.73. The minimum atomic E-state index is -0.496. The molecular formula is C15H21N3O4. The Labute approximate surface area is 129 Å². The molecule has 0 radical (unpaired) electrons. The van der Waals surface area contributed by atoms with E-state index in [-0.39, 0.29) is 23.4 Å². The summed E-state index contributed by atoms with van der Waals surface area (Å²) in [5, 5.41) is 13.6. The number of hydrogen-bond donors (Lipinski definition) is 1. The molecule has 1 atom stereocenters. The number of piperidine rings is 1. The van der Waals surface area contributed by atoms with Crippen molar-refractivity contribution in [1.82, 2.24) is 4.90 Å². The van der Waals surface area contributed by atoms with E-state index in [1.807, 2.05) is 6.92 Å². The van der Waals surface area contributed by atoms with Crippen LogP contribution in [0.2, 0.25) is 0 Å². The summed E-state index contributed by atoms with van der Waals surface area (Å²) in [4.78, 5) is 24.8. The molecule has 0 aliphatic carbocycles. The monoisotopic (exact) mass is 307 g/mol. The van der Waals surface area contributed by atoms with Crippen LogP contribution in [0.3, 0.4) is 0 Å². The van der Waals surface area contributed by atoms with Crippen molar-refractivity contribution in [2.45, 2.75) is 32.2 Å². The van der Waals surface area contributed by atoms with Gasteiger partial charge in [0.15, 0.2) is 0 Å². The fourth-order valence-corrected chi connectivity index (χ4v) is 2.61. The van der Waals surface area contributed by atoms with Gasteiger partial charge in [0.1, 0.15) is 5.75 Å². The number of nitro benzene ring substituents is 1. The first-order chi connectivity index (χ1) is 10.5. The fourth-order valence-electron chi connectivity index (χ4n) is 2.61. The van der Waals surface area contributed by atoms with Crippen molar-refractivity contribution in [2.24, 2.45) is 0 Å². The maximum absolute atomic E-state index is 12.4. The van der Waals surface area contributed by atoms with Crippen LogP contribution in [0, 0.1) is 10.1 Å². The number of anilines is 1. The van der Waals surface area contributed by atoms with Gasteiger partial charge in [0.05, 0.1) is 29.8 Å². The van der Waals surface area contributed by atoms with Crippen LogP contribution in [0.1, 0.15) is 26.2 Å². The average Bonchev–Trinajstić information content (AvgIpc) is 2.55. The van der Waals surface area contributed by atoms with Gasteiger partial charge >= 0.3 is 0 Å². The van der Waals surface area contributed by atoms with Crippen LogP contribution in [-0.2, 0) is 4.79 Å². The molecule has 1 aromatic rings. The zero-order valence-corrected chi connectivity index (χ0v) is 12.9. The Morgan fingerprint density at radius 3 is 2.64 bits per heavy atom. The Bertz CT molecular complexity index is 556. The van der Waals surface area contributed by atoms with Crippen LogP contribution < -0.4 is 10.1 Å². The number of nitro groups is 1. The van der Waals surface area contributed by atoms with Crippen LogP contribution >= 0.6 is 0 Å². The summed E-state index contributed by atoms with van der Waals surface area (Å²) < 4.78 is 5.13. The Kier molecular flexibility index (Phi) is 5.32. The molecule has 0 saturated carbocycles. The number of nitrogens with one attached hydrogen (secondary N) is 1. The maximum atomic E-state index is 12.4. The second-order valence-corrected chi connectivity index (χ2v) is 5.40. The van der Waals surface area contributed by atoms with Gasteiger partial charge in [0.2, 0.25) is 5.91 Å². The van der Waals surface area contributed by atoms with Gasteiger partial charge in [0.25, 0.3) is 5.69 Å². The largest absolute Gasteiger partial charge is 0.494 e. The van der Waals surface area contributed by atoms with E-state index in [0.29, 0.717) is 5.69 Å². The Morgan fingerprint density at radius 1 is 1.36 bits per heavy atom. The number of ether oxygens (including phenoxy) is 1. The summed E-state index contributed by atoms with van der Waals surface area (Å²) in [6.45, 7) is 3.72. The molecule has 1 fully saturated rings. The van der Waals surface area contributed by atoms with E-state index >= 15 is 0 Å². The first kappa shape index (κ1) is 16.2. The molecule has 1 aromatic carbocycles. The van der Waals surface area contributed by atoms with E-state index in [9.17, 15) is 14.9 Å². The van der Waals surface area contributed by atoms with E-state index in [2.05, 4.69) is 10.2 Å². The molecule has 0 unspecified atom stereocenters. The van der Waals surface area contributed by atoms with Crippen LogP contribution in [0.4, 0.5) is 11.4 Å². The number of rotatable bonds is 5. The van der Waals surface area contributed by atoms with Gasteiger partial charge in [-0.1, -0.05) is 6.42 Å². The van der Waals surface area contributed by atoms with Crippen molar-refractivity contribution in [3.8, 4) is 5.75 Å². The Hall–Kier alpha value is -2.15. The summed E-state index contributed by atoms with van der Waals surface area (Å²) in [6.07, 6.45) is 3.43. The number of methoxy groups -OCH3 is 1. The van der Waals surface area contributed by atoms with Gasteiger partial charge < -0.3 is 10.1 Å². The lowest BCUT2D eigenvalue weighted by atomic mass is 10.1. The van der Waals surface area contributed by atoms with Crippen LogP contribution in [0.5, 0.6) is 5.75 Å². The predicted molar refractivity (Wildman–Crippen MR) is 83.2 cm³/mol. The molecule has 1 amide bonds. The van der Waals surface area contributed by atoms with Crippen molar-refractivity contribution < 1.29 is 14.5 Å². The fraction of sp³-hybridized carbons (Fsp3) is 0.533. The number of benzene rings is 1. The molecule has 120 valence electrons. The third-order valence-corrected chi connectivity index (χ3v) is 3.97. The van der Waals surface area contributed by atoms with Crippen molar-refractivity contribution >= 4 is 17.3 Å². The highest BCUT2D eigenvalue weighted by Crippen LogP contribution is 2.29. The number of nitrogens with zero attached hydrogens (tertiary/aromatic N) is 2. The van der Waals surface area contributed by atoms with Crippen molar-refractivity contribution in [3.05, 3.63) is 28.3 Å². The molecule has 7 heteroatoms. The van der Waals surface area contributed by atoms with Gasteiger partial charge in [-0.2, -0.15) is 0 Å². The van der Waals surface area contributed by atoms with Crippen LogP contribution in [0.25, 0.3) is 0 Å². The summed E-state index contributed by atoms with van der Waals surface area (Å²) in [7, 11) is 1.42. The summed E-state index contributed by atoms with van der Waals surface area (Å²) in [6, 6.07) is 3.92. The second-order valence-electron chi connectivity index (χ2n) is 5.40. The highest BCUT2D eigenvalue weighted by Gasteiger charge is 2.24. The van der Waals surface area contributed by atoms with Crippen LogP contribution in [0.15, 0.2) is 18.2 Å². The predicted octanol–water partition coefficient (Wildman–Crippen LogP) is 2.42. The highest BCUT2D eigenvalue weighted by molar-refractivity contribution is 5.96. The number of carbonyl (C=O) groups is 1. The smallest absolute Gasteiger partial charge is 0.273 e. The normalized spacial score (nSPS) is 16.8. The summed E-state index contributed by atoms with van der Waals surface area (Å²) in [5.74, 6) is 0.155. The third-order valence-electron chi connectivity index (χ3n) is 3.97. The molecular weight excluding hydrogens is 286 g/mol. The molecule has 22 heavy (non-hydrogen) atoms. The first-order valence-corrected chi connectivity index (χ1v) is 7.40. The molecule has 0 aromatic heterocycles. The van der Waals surface area contributed by atoms with Gasteiger partial charge in [-0.15, -0.1) is 0 Å². The van der Waals surface area contributed by atoms with Crippen molar-refractivity contribution in [1.29, 1.82) is 0 Å². The molecule has 0 spiro atoms. The van der Waals surface area contributed by atoms with Crippen molar-refractivity contribution in [3.63, 3.8) is 0 Å². The van der Waals surface area contributed by atoms with Crippen molar-refractivity contribution in [2.75, 3.05) is 25.5 Å². The van der Waals surface area contributed by atoms with E-state index in [0.717, 1.165) is 25.9 Å². The molecule has 1 saturated heterocycles. The standard InChI is InChI=1S/C15H21N3O4/c1-11(17-8-4-3-5-9-17)15(19)16-13-7-6-12(18(20)21)10-14(13)22-2/h6-7,10-11H,3-5,8-9H2,1-2H3,(H,16,19)/t11-/m1/s1. The quantitative estimate of drug-likeness (QED) is 0.667. The van der Waals surface area contributed by atoms with Gasteiger partial charge in [-0.3, -0.25) is 19.8 Å². The molecule has 1 aliphatic heterocycles. The van der Waals surface area contributed by atoms with Gasteiger partial charge in [0, 0.05) is 6.07 Å². The molecule has 1 aliphatic rings. The minimum absolute atomic E-state index is 0.0704. The number of amides is 1. The van der Waals surface area contributed by atoms with E-state index in [1.54, 1.807) is 0 Å². The molecule has 7 nitrogen and oxygen atoms in total. The molecule has 2 rings (SSSR count). The second kappa shape index (κ2) is 7.22. The molecule has 1 N–H and O–H groups in total. The topological polar surface area (TPSA) is 84.7 Å². The zero-order valence-electron chi connectivity index (χ0n) is 12.9. The Morgan fingerprint density at radius 2 is 2.05 bits per heavy atom. The van der Waals surface area contributed by atoms with Gasteiger partial charge in [-0.05, 0) is 38.9 Å². The highest BCUT2D eigenvalue weighted by atomic mass is 16.6. The molecule has 0 bridgehead atoms. The lowest BCUT2D eigenvalue weighted by Crippen LogP contribution is -2.44. The number of non-ortho nitro benzene ring substituents is 1. The zero-order chi connectivity index (χ0) is 16.1. The lowest BCUT2D eigenvalue weighted by molar-refractivity contribution is -0.384. The number of likely N-dealkylation sites (tertiary alicyclic amines) is 1. The van der Waals surface area contributed by atoms with E-state index < -0.39 is 4.92 Å². The summed E-state index contributed by atoms with van der Waals surface area (Å²) >= 11 is 0. The molecule has 1 heterocycles. The average molecular weight is 307 g/mol. The van der Waals surface area contributed by atoms with E-state index in [4.69, 9.17) is 4.74 Å².